The van der Waals surface area contributed by atoms with Gasteiger partial charge in [-0.05, 0) is 38.3 Å². The van der Waals surface area contributed by atoms with Crippen molar-refractivity contribution >= 4 is 21.4 Å². The van der Waals surface area contributed by atoms with E-state index in [-0.39, 0.29) is 6.04 Å². The normalized spacial score (nSPS) is 18.8. The highest BCUT2D eigenvalue weighted by molar-refractivity contribution is 7.89. The molecule has 1 aliphatic carbocycles. The van der Waals surface area contributed by atoms with E-state index in [0.29, 0.717) is 17.4 Å². The summed E-state index contributed by atoms with van der Waals surface area (Å²) in [4.78, 5) is 1.45. The first-order valence-electron chi connectivity index (χ1n) is 7.81. The molecule has 0 amide bonds. The van der Waals surface area contributed by atoms with Gasteiger partial charge >= 0.3 is 0 Å². The predicted octanol–water partition coefficient (Wildman–Crippen LogP) is 3.10. The number of sulfonamides is 1. The van der Waals surface area contributed by atoms with Gasteiger partial charge in [-0.3, -0.25) is 0 Å². The van der Waals surface area contributed by atoms with Crippen molar-refractivity contribution in [3.63, 3.8) is 0 Å². The molecule has 0 spiro atoms. The number of hydrogen-bond donors (Lipinski definition) is 2. The Morgan fingerprint density at radius 3 is 2.67 bits per heavy atom. The lowest BCUT2D eigenvalue weighted by molar-refractivity contribution is 0.285. The minimum Gasteiger partial charge on any atom is -0.315 e. The predicted molar refractivity (Wildman–Crippen MR) is 88.1 cm³/mol. The zero-order valence-corrected chi connectivity index (χ0v) is 14.5. The molecule has 4 nitrogen and oxygen atoms in total. The Morgan fingerprint density at radius 2 is 2.05 bits per heavy atom. The lowest BCUT2D eigenvalue weighted by Crippen LogP contribution is -2.40. The summed E-state index contributed by atoms with van der Waals surface area (Å²) < 4.78 is 28.0. The van der Waals surface area contributed by atoms with E-state index in [1.807, 2.05) is 7.05 Å². The Morgan fingerprint density at radius 1 is 1.33 bits per heavy atom. The van der Waals surface area contributed by atoms with Gasteiger partial charge < -0.3 is 5.32 Å². The molecule has 1 aromatic rings. The van der Waals surface area contributed by atoms with Gasteiger partial charge in [0, 0.05) is 22.8 Å². The van der Waals surface area contributed by atoms with E-state index in [9.17, 15) is 8.42 Å². The van der Waals surface area contributed by atoms with Gasteiger partial charge in [0.1, 0.15) is 0 Å². The third-order valence-electron chi connectivity index (χ3n) is 4.26. The summed E-state index contributed by atoms with van der Waals surface area (Å²) in [5.41, 5.74) is 0. The minimum atomic E-state index is -3.39. The van der Waals surface area contributed by atoms with Gasteiger partial charge in [-0.15, -0.1) is 11.3 Å². The van der Waals surface area contributed by atoms with Crippen LogP contribution in [0.25, 0.3) is 0 Å². The zero-order chi connectivity index (χ0) is 15.3. The molecule has 1 heterocycles. The van der Waals surface area contributed by atoms with Gasteiger partial charge in [0.25, 0.3) is 0 Å². The average molecular weight is 331 g/mol. The first-order chi connectivity index (χ1) is 10.1. The van der Waals surface area contributed by atoms with Crippen LogP contribution in [0.3, 0.4) is 0 Å². The molecule has 0 bridgehead atoms. The number of thiophene rings is 1. The van der Waals surface area contributed by atoms with Crippen LogP contribution in [0.4, 0.5) is 0 Å². The second-order valence-corrected chi connectivity index (χ2v) is 8.52. The molecule has 0 radical (unpaired) electrons. The molecule has 6 heteroatoms. The fourth-order valence-corrected chi connectivity index (χ4v) is 5.76. The summed E-state index contributed by atoms with van der Waals surface area (Å²) in [6, 6.07) is 1.85. The van der Waals surface area contributed by atoms with Crippen LogP contribution in [0, 0.1) is 5.92 Å². The molecule has 21 heavy (non-hydrogen) atoms. The molecule has 1 unspecified atom stereocenters. The van der Waals surface area contributed by atoms with E-state index in [2.05, 4.69) is 17.0 Å². The summed E-state index contributed by atoms with van der Waals surface area (Å²) in [7, 11) is -1.52. The third kappa shape index (κ3) is 4.52. The van der Waals surface area contributed by atoms with E-state index in [1.54, 1.807) is 11.4 Å². The number of rotatable bonds is 7. The van der Waals surface area contributed by atoms with Crippen LogP contribution < -0.4 is 10.0 Å². The molecular formula is C15H26N2O2S2. The Bertz CT molecular complexity index is 534. The van der Waals surface area contributed by atoms with Crippen LogP contribution in [-0.4, -0.2) is 21.5 Å². The van der Waals surface area contributed by atoms with Crippen LogP contribution in [0.5, 0.6) is 0 Å². The highest BCUT2D eigenvalue weighted by Gasteiger charge is 2.27. The fourth-order valence-electron chi connectivity index (χ4n) is 3.09. The Kier molecular flexibility index (Phi) is 6.22. The van der Waals surface area contributed by atoms with E-state index in [4.69, 9.17) is 0 Å². The standard InChI is InChI=1S/C15H26N2O2S2/c1-3-15(12-7-5-4-6-8-12)17-21(18,19)14-9-13(10-16-2)20-11-14/h9,11-12,15-17H,3-8,10H2,1-2H3. The summed E-state index contributed by atoms with van der Waals surface area (Å²) >= 11 is 1.49. The van der Waals surface area contributed by atoms with Gasteiger partial charge in [-0.1, -0.05) is 26.2 Å². The highest BCUT2D eigenvalue weighted by atomic mass is 32.2. The largest absolute Gasteiger partial charge is 0.315 e. The van der Waals surface area contributed by atoms with Gasteiger partial charge in [-0.2, -0.15) is 0 Å². The molecule has 120 valence electrons. The maximum Gasteiger partial charge on any atom is 0.241 e. The lowest BCUT2D eigenvalue weighted by Gasteiger charge is -2.29. The van der Waals surface area contributed by atoms with Crippen molar-refractivity contribution < 1.29 is 8.42 Å². The van der Waals surface area contributed by atoms with Crippen LogP contribution in [0.1, 0.15) is 50.3 Å². The van der Waals surface area contributed by atoms with Crippen LogP contribution in [0.15, 0.2) is 16.3 Å². The molecular weight excluding hydrogens is 304 g/mol. The summed E-state index contributed by atoms with van der Waals surface area (Å²) in [5.74, 6) is 0.494. The molecule has 0 aromatic carbocycles. The molecule has 2 N–H and O–H groups in total. The molecule has 1 fully saturated rings. The molecule has 2 rings (SSSR count). The number of nitrogens with one attached hydrogen (secondary N) is 2. The van der Waals surface area contributed by atoms with Crippen molar-refractivity contribution in [3.05, 3.63) is 16.3 Å². The molecule has 1 aromatic heterocycles. The zero-order valence-electron chi connectivity index (χ0n) is 12.9. The highest BCUT2D eigenvalue weighted by Crippen LogP contribution is 2.29. The molecule has 1 saturated carbocycles. The SMILES string of the molecule is CCC(NS(=O)(=O)c1csc(CNC)c1)C1CCCCC1. The lowest BCUT2D eigenvalue weighted by atomic mass is 9.83. The molecule has 0 saturated heterocycles. The van der Waals surface area contributed by atoms with Crippen molar-refractivity contribution in [1.29, 1.82) is 0 Å². The second-order valence-electron chi connectivity index (χ2n) is 5.81. The Labute approximate surface area is 132 Å². The molecule has 0 aliphatic heterocycles. The monoisotopic (exact) mass is 330 g/mol. The fraction of sp³-hybridized carbons (Fsp3) is 0.733. The van der Waals surface area contributed by atoms with E-state index >= 15 is 0 Å². The average Bonchev–Trinajstić information content (AvgIpc) is 2.96. The van der Waals surface area contributed by atoms with Crippen molar-refractivity contribution in [2.75, 3.05) is 7.05 Å². The molecule has 1 atom stereocenters. The first kappa shape index (κ1) is 16.9. The van der Waals surface area contributed by atoms with Gasteiger partial charge in [0.15, 0.2) is 0 Å². The van der Waals surface area contributed by atoms with E-state index in [1.165, 1.54) is 30.6 Å². The van der Waals surface area contributed by atoms with E-state index < -0.39 is 10.0 Å². The summed E-state index contributed by atoms with van der Waals surface area (Å²) in [6.07, 6.45) is 6.90. The van der Waals surface area contributed by atoms with Crippen LogP contribution in [-0.2, 0) is 16.6 Å². The Balaban J connectivity index is 2.06. The third-order valence-corrected chi connectivity index (χ3v) is 6.81. The van der Waals surface area contributed by atoms with E-state index in [0.717, 1.165) is 24.1 Å². The first-order valence-corrected chi connectivity index (χ1v) is 10.2. The van der Waals surface area contributed by atoms with Gasteiger partial charge in [-0.25, -0.2) is 13.1 Å². The molecule has 1 aliphatic rings. The quantitative estimate of drug-likeness (QED) is 0.807. The number of hydrogen-bond acceptors (Lipinski definition) is 4. The van der Waals surface area contributed by atoms with Gasteiger partial charge in [0.05, 0.1) is 4.90 Å². The van der Waals surface area contributed by atoms with Crippen LogP contribution in [0.2, 0.25) is 0 Å². The Hall–Kier alpha value is -0.430. The van der Waals surface area contributed by atoms with Crippen molar-refractivity contribution in [1.82, 2.24) is 10.0 Å². The maximum absolute atomic E-state index is 12.5. The smallest absolute Gasteiger partial charge is 0.241 e. The summed E-state index contributed by atoms with van der Waals surface area (Å²) in [5, 5.41) is 4.79. The van der Waals surface area contributed by atoms with Crippen molar-refractivity contribution in [2.24, 2.45) is 5.92 Å². The summed E-state index contributed by atoms with van der Waals surface area (Å²) in [6.45, 7) is 2.78. The topological polar surface area (TPSA) is 58.2 Å². The van der Waals surface area contributed by atoms with Gasteiger partial charge in [0.2, 0.25) is 10.0 Å². The van der Waals surface area contributed by atoms with Crippen molar-refractivity contribution in [3.8, 4) is 0 Å². The maximum atomic E-state index is 12.5. The minimum absolute atomic E-state index is 0.0722. The van der Waals surface area contributed by atoms with Crippen LogP contribution >= 0.6 is 11.3 Å². The second kappa shape index (κ2) is 7.72. The van der Waals surface area contributed by atoms with Crippen molar-refractivity contribution in [2.45, 2.75) is 62.9 Å².